The van der Waals surface area contributed by atoms with E-state index in [1.54, 1.807) is 0 Å². The Bertz CT molecular complexity index is 1030. The number of carbonyl (C=O) groups excluding carboxylic acids is 3. The third kappa shape index (κ3) is 53.6. The van der Waals surface area contributed by atoms with E-state index in [1.807, 2.05) is 0 Å². The van der Waals surface area contributed by atoms with Crippen molar-refractivity contribution in [3.05, 3.63) is 0 Å². The minimum atomic E-state index is -0.763. The minimum Gasteiger partial charge on any atom is -0.462 e. The number of esters is 3. The second-order valence-electron chi connectivity index (χ2n) is 21.7. The van der Waals surface area contributed by atoms with Crippen LogP contribution in [0.1, 0.15) is 343 Å². The van der Waals surface area contributed by atoms with Crippen LogP contribution in [0.25, 0.3) is 0 Å². The Labute approximate surface area is 418 Å². The molecule has 0 aromatic rings. The van der Waals surface area contributed by atoms with Crippen LogP contribution in [0, 0.1) is 11.8 Å². The SMILES string of the molecule is CCCCCCCCCCCCCCCCCC(=O)OC[C@H](COC(=O)CCCCCCCCCCCCCCCCCCCCC(C)CC)OC(=O)CCCCCCCCCCCC(C)C. The van der Waals surface area contributed by atoms with Crippen molar-refractivity contribution < 1.29 is 28.6 Å². The third-order valence-corrected chi connectivity index (χ3v) is 14.3. The van der Waals surface area contributed by atoms with Crippen LogP contribution in [0.5, 0.6) is 0 Å². The molecule has 1 unspecified atom stereocenters. The monoisotopic (exact) mass is 947 g/mol. The van der Waals surface area contributed by atoms with Crippen LogP contribution >= 0.6 is 0 Å². The first kappa shape index (κ1) is 65.4. The molecule has 0 rings (SSSR count). The van der Waals surface area contributed by atoms with Crippen molar-refractivity contribution in [1.29, 1.82) is 0 Å². The third-order valence-electron chi connectivity index (χ3n) is 14.3. The number of carbonyl (C=O) groups is 3. The quantitative estimate of drug-likeness (QED) is 0.0343. The topological polar surface area (TPSA) is 78.9 Å². The summed E-state index contributed by atoms with van der Waals surface area (Å²) >= 11 is 0. The summed E-state index contributed by atoms with van der Waals surface area (Å²) in [4.78, 5) is 38.2. The van der Waals surface area contributed by atoms with E-state index in [4.69, 9.17) is 14.2 Å². The molecule has 6 heteroatoms. The molecule has 2 atom stereocenters. The molecule has 0 aliphatic carbocycles. The lowest BCUT2D eigenvalue weighted by Gasteiger charge is -2.18. The van der Waals surface area contributed by atoms with Gasteiger partial charge in [-0.3, -0.25) is 14.4 Å². The van der Waals surface area contributed by atoms with Gasteiger partial charge in [0, 0.05) is 19.3 Å². The molecule has 0 aromatic carbocycles. The molecule has 0 bridgehead atoms. The summed E-state index contributed by atoms with van der Waals surface area (Å²) in [6, 6.07) is 0. The van der Waals surface area contributed by atoms with Crippen molar-refractivity contribution in [2.24, 2.45) is 11.8 Å². The van der Waals surface area contributed by atoms with Crippen LogP contribution in [-0.2, 0) is 28.6 Å². The summed E-state index contributed by atoms with van der Waals surface area (Å²) in [6.07, 6.45) is 58.1. The van der Waals surface area contributed by atoms with E-state index in [0.29, 0.717) is 19.3 Å². The standard InChI is InChI=1S/C61H118O6/c1-6-8-9-10-11-12-13-14-19-23-26-31-36-41-46-51-59(62)65-54-58(67-61(64)53-48-43-38-33-28-29-34-39-44-49-56(3)4)55-66-60(63)52-47-42-37-32-27-24-21-18-16-15-17-20-22-25-30-35-40-45-50-57(5)7-2/h56-58H,6-55H2,1-5H3/t57?,58-/m1/s1. The largest absolute Gasteiger partial charge is 0.462 e. The van der Waals surface area contributed by atoms with E-state index in [9.17, 15) is 14.4 Å². The van der Waals surface area contributed by atoms with E-state index >= 15 is 0 Å². The van der Waals surface area contributed by atoms with Gasteiger partial charge in [-0.2, -0.15) is 0 Å². The Morgan fingerprint density at radius 3 is 0.851 bits per heavy atom. The molecule has 0 fully saturated rings. The Hall–Kier alpha value is -1.59. The van der Waals surface area contributed by atoms with Crippen LogP contribution in [0.15, 0.2) is 0 Å². The van der Waals surface area contributed by atoms with Gasteiger partial charge in [0.1, 0.15) is 13.2 Å². The molecule has 0 amide bonds. The van der Waals surface area contributed by atoms with E-state index in [2.05, 4.69) is 34.6 Å². The van der Waals surface area contributed by atoms with Crippen LogP contribution in [0.4, 0.5) is 0 Å². The normalized spacial score (nSPS) is 12.4. The predicted molar refractivity (Wildman–Crippen MR) is 289 cm³/mol. The smallest absolute Gasteiger partial charge is 0.306 e. The second kappa shape index (κ2) is 53.8. The molecular weight excluding hydrogens is 829 g/mol. The maximum atomic E-state index is 12.8. The summed E-state index contributed by atoms with van der Waals surface area (Å²) in [5.41, 5.74) is 0. The Morgan fingerprint density at radius 1 is 0.313 bits per heavy atom. The van der Waals surface area contributed by atoms with Crippen molar-refractivity contribution in [3.63, 3.8) is 0 Å². The second-order valence-corrected chi connectivity index (χ2v) is 21.7. The lowest BCUT2D eigenvalue weighted by atomic mass is 9.99. The molecule has 0 aliphatic rings. The Kier molecular flexibility index (Phi) is 52.5. The molecule has 0 heterocycles. The molecule has 0 aromatic heterocycles. The Morgan fingerprint density at radius 2 is 0.567 bits per heavy atom. The number of hydrogen-bond acceptors (Lipinski definition) is 6. The van der Waals surface area contributed by atoms with Crippen molar-refractivity contribution in [2.45, 2.75) is 349 Å². The molecular formula is C61H118O6. The highest BCUT2D eigenvalue weighted by molar-refractivity contribution is 5.71. The van der Waals surface area contributed by atoms with Gasteiger partial charge < -0.3 is 14.2 Å². The van der Waals surface area contributed by atoms with E-state index < -0.39 is 6.10 Å². The fourth-order valence-corrected chi connectivity index (χ4v) is 9.37. The first-order valence-electron chi connectivity index (χ1n) is 30.3. The van der Waals surface area contributed by atoms with Crippen molar-refractivity contribution >= 4 is 17.9 Å². The lowest BCUT2D eigenvalue weighted by molar-refractivity contribution is -0.167. The lowest BCUT2D eigenvalue weighted by Crippen LogP contribution is -2.30. The maximum Gasteiger partial charge on any atom is 0.306 e. The first-order chi connectivity index (χ1) is 32.8. The maximum absolute atomic E-state index is 12.8. The van der Waals surface area contributed by atoms with Crippen molar-refractivity contribution in [3.8, 4) is 0 Å². The van der Waals surface area contributed by atoms with Gasteiger partial charge >= 0.3 is 17.9 Å². The van der Waals surface area contributed by atoms with Gasteiger partial charge in [-0.25, -0.2) is 0 Å². The van der Waals surface area contributed by atoms with Crippen molar-refractivity contribution in [1.82, 2.24) is 0 Å². The fraction of sp³-hybridized carbons (Fsp3) is 0.951. The molecule has 0 N–H and O–H groups in total. The van der Waals surface area contributed by atoms with E-state index in [-0.39, 0.29) is 31.1 Å². The highest BCUT2D eigenvalue weighted by Gasteiger charge is 2.19. The van der Waals surface area contributed by atoms with Crippen LogP contribution in [0.2, 0.25) is 0 Å². The first-order valence-corrected chi connectivity index (χ1v) is 30.3. The van der Waals surface area contributed by atoms with Crippen LogP contribution in [-0.4, -0.2) is 37.2 Å². The molecule has 0 saturated carbocycles. The van der Waals surface area contributed by atoms with Crippen molar-refractivity contribution in [2.75, 3.05) is 13.2 Å². The van der Waals surface area contributed by atoms with E-state index in [1.165, 1.54) is 231 Å². The van der Waals surface area contributed by atoms with Crippen LogP contribution in [0.3, 0.4) is 0 Å². The number of hydrogen-bond donors (Lipinski definition) is 0. The molecule has 0 saturated heterocycles. The predicted octanol–water partition coefficient (Wildman–Crippen LogP) is 20.0. The minimum absolute atomic E-state index is 0.0628. The van der Waals surface area contributed by atoms with Gasteiger partial charge in [0.2, 0.25) is 0 Å². The average Bonchev–Trinajstić information content (AvgIpc) is 3.31. The summed E-state index contributed by atoms with van der Waals surface area (Å²) < 4.78 is 16.9. The van der Waals surface area contributed by atoms with Gasteiger partial charge in [0.25, 0.3) is 0 Å². The number of unbranched alkanes of at least 4 members (excludes halogenated alkanes) is 39. The Balaban J connectivity index is 4.21. The van der Waals surface area contributed by atoms with Gasteiger partial charge in [-0.15, -0.1) is 0 Å². The summed E-state index contributed by atoms with van der Waals surface area (Å²) in [5.74, 6) is 0.878. The highest BCUT2D eigenvalue weighted by Crippen LogP contribution is 2.19. The highest BCUT2D eigenvalue weighted by atomic mass is 16.6. The summed E-state index contributed by atoms with van der Waals surface area (Å²) in [7, 11) is 0. The van der Waals surface area contributed by atoms with Crippen LogP contribution < -0.4 is 0 Å². The summed E-state index contributed by atoms with van der Waals surface area (Å²) in [6.45, 7) is 11.4. The molecule has 0 radical (unpaired) electrons. The number of rotatable bonds is 55. The zero-order valence-electron chi connectivity index (χ0n) is 46.0. The molecule has 398 valence electrons. The fourth-order valence-electron chi connectivity index (χ4n) is 9.37. The summed E-state index contributed by atoms with van der Waals surface area (Å²) in [5, 5.41) is 0. The molecule has 67 heavy (non-hydrogen) atoms. The molecule has 6 nitrogen and oxygen atoms in total. The zero-order valence-corrected chi connectivity index (χ0v) is 46.0. The average molecular weight is 948 g/mol. The zero-order chi connectivity index (χ0) is 48.9. The van der Waals surface area contributed by atoms with Gasteiger partial charge in [-0.1, -0.05) is 304 Å². The number of ether oxygens (including phenoxy) is 3. The van der Waals surface area contributed by atoms with Gasteiger partial charge in [0.05, 0.1) is 0 Å². The van der Waals surface area contributed by atoms with Gasteiger partial charge in [-0.05, 0) is 31.1 Å². The molecule has 0 aliphatic heterocycles. The molecule has 0 spiro atoms. The van der Waals surface area contributed by atoms with Gasteiger partial charge in [0.15, 0.2) is 6.10 Å². The van der Waals surface area contributed by atoms with E-state index in [0.717, 1.165) is 69.6 Å².